The minimum absolute atomic E-state index is 0.173. The van der Waals surface area contributed by atoms with Crippen LogP contribution in [0.1, 0.15) is 29.8 Å². The van der Waals surface area contributed by atoms with Gasteiger partial charge in [0.1, 0.15) is 0 Å². The third-order valence-electron chi connectivity index (χ3n) is 2.48. The molecule has 1 aliphatic rings. The fourth-order valence-electron chi connectivity index (χ4n) is 1.36. The molecule has 2 rings (SSSR count). The maximum Gasteiger partial charge on any atom is 0.358 e. The molecule has 1 fully saturated rings. The topological polar surface area (TPSA) is 61.3 Å². The lowest BCUT2D eigenvalue weighted by atomic mass is 10.3. The van der Waals surface area contributed by atoms with Crippen molar-refractivity contribution in [1.82, 2.24) is 9.97 Å². The van der Waals surface area contributed by atoms with Crippen LogP contribution in [-0.2, 0) is 4.74 Å². The predicted octanol–water partition coefficient (Wildman–Crippen LogP) is 1.44. The average molecular weight is 222 g/mol. The molecule has 1 heterocycles. The molecule has 1 aliphatic carbocycles. The zero-order chi connectivity index (χ0) is 11.4. The highest BCUT2D eigenvalue weighted by Gasteiger charge is 2.20. The Labute approximate surface area is 93.8 Å². The molecule has 1 aromatic rings. The van der Waals surface area contributed by atoms with Gasteiger partial charge in [-0.05, 0) is 12.3 Å². The van der Waals surface area contributed by atoms with Gasteiger partial charge in [-0.2, -0.15) is 0 Å². The highest BCUT2D eigenvalue weighted by atomic mass is 16.5. The first-order chi connectivity index (χ1) is 7.79. The second kappa shape index (κ2) is 4.92. The maximum absolute atomic E-state index is 11.2. The Bertz CT molecular complexity index is 377. The fourth-order valence-corrected chi connectivity index (χ4v) is 1.36. The molecule has 0 aromatic carbocycles. The second-order valence-corrected chi connectivity index (χ2v) is 3.81. The first-order valence-corrected chi connectivity index (χ1v) is 5.33. The van der Waals surface area contributed by atoms with Crippen LogP contribution in [0.2, 0.25) is 0 Å². The Morgan fingerprint density at radius 2 is 2.31 bits per heavy atom. The van der Waals surface area contributed by atoms with Crippen molar-refractivity contribution < 1.29 is 14.3 Å². The second-order valence-electron chi connectivity index (χ2n) is 3.81. The summed E-state index contributed by atoms with van der Waals surface area (Å²) in [6.07, 6.45) is 6.51. The number of carbonyl (C=O) groups is 1. The lowest BCUT2D eigenvalue weighted by molar-refractivity contribution is 0.0592. The minimum atomic E-state index is -0.500. The van der Waals surface area contributed by atoms with Gasteiger partial charge in [0.15, 0.2) is 5.69 Å². The third-order valence-corrected chi connectivity index (χ3v) is 2.48. The zero-order valence-corrected chi connectivity index (χ0v) is 9.18. The van der Waals surface area contributed by atoms with Crippen molar-refractivity contribution in [3.63, 3.8) is 0 Å². The van der Waals surface area contributed by atoms with Crippen LogP contribution in [0.15, 0.2) is 12.4 Å². The quantitative estimate of drug-likeness (QED) is 0.705. The highest BCUT2D eigenvalue weighted by Crippen LogP contribution is 2.32. The first kappa shape index (κ1) is 10.9. The molecule has 86 valence electrons. The minimum Gasteiger partial charge on any atom is -0.477 e. The van der Waals surface area contributed by atoms with Gasteiger partial charge in [0.25, 0.3) is 0 Å². The summed E-state index contributed by atoms with van der Waals surface area (Å²) in [5.41, 5.74) is 0.173. The van der Waals surface area contributed by atoms with Crippen LogP contribution in [0.5, 0.6) is 5.88 Å². The molecule has 16 heavy (non-hydrogen) atoms. The number of rotatable bonds is 5. The third kappa shape index (κ3) is 2.92. The van der Waals surface area contributed by atoms with Crippen molar-refractivity contribution in [1.29, 1.82) is 0 Å². The van der Waals surface area contributed by atoms with E-state index in [1.54, 1.807) is 0 Å². The summed E-state index contributed by atoms with van der Waals surface area (Å²) in [7, 11) is 1.31. The van der Waals surface area contributed by atoms with Crippen LogP contribution in [0.4, 0.5) is 0 Å². The smallest absolute Gasteiger partial charge is 0.358 e. The Balaban J connectivity index is 1.89. The summed E-state index contributed by atoms with van der Waals surface area (Å²) in [6, 6.07) is 0. The van der Waals surface area contributed by atoms with Crippen LogP contribution in [-0.4, -0.2) is 29.7 Å². The molecule has 0 aliphatic heterocycles. The summed E-state index contributed by atoms with van der Waals surface area (Å²) in [5.74, 6) is 0.695. The molecule has 0 radical (unpaired) electrons. The number of ether oxygens (including phenoxy) is 2. The molecule has 0 amide bonds. The van der Waals surface area contributed by atoms with E-state index in [-0.39, 0.29) is 5.69 Å². The molecule has 0 bridgehead atoms. The van der Waals surface area contributed by atoms with Gasteiger partial charge in [-0.3, -0.25) is 4.98 Å². The van der Waals surface area contributed by atoms with E-state index >= 15 is 0 Å². The van der Waals surface area contributed by atoms with Gasteiger partial charge < -0.3 is 9.47 Å². The van der Waals surface area contributed by atoms with Crippen molar-refractivity contribution in [3.8, 4) is 5.88 Å². The summed E-state index contributed by atoms with van der Waals surface area (Å²) in [6.45, 7) is 0.629. The van der Waals surface area contributed by atoms with E-state index in [2.05, 4.69) is 14.7 Å². The summed E-state index contributed by atoms with van der Waals surface area (Å²) in [5, 5.41) is 0. The molecular formula is C11H14N2O3. The Morgan fingerprint density at radius 1 is 1.50 bits per heavy atom. The first-order valence-electron chi connectivity index (χ1n) is 5.33. The van der Waals surface area contributed by atoms with E-state index in [1.807, 2.05) is 0 Å². The normalized spacial score (nSPS) is 14.6. The molecule has 0 N–H and O–H groups in total. The van der Waals surface area contributed by atoms with Crippen molar-refractivity contribution in [2.75, 3.05) is 13.7 Å². The predicted molar refractivity (Wildman–Crippen MR) is 56.2 cm³/mol. The van der Waals surface area contributed by atoms with Crippen molar-refractivity contribution >= 4 is 5.97 Å². The van der Waals surface area contributed by atoms with Crippen molar-refractivity contribution in [3.05, 3.63) is 18.1 Å². The van der Waals surface area contributed by atoms with Crippen molar-refractivity contribution in [2.24, 2.45) is 5.92 Å². The number of methoxy groups -OCH3 is 1. The van der Waals surface area contributed by atoms with E-state index in [9.17, 15) is 4.79 Å². The molecule has 5 heteroatoms. The highest BCUT2D eigenvalue weighted by molar-refractivity contribution is 5.86. The average Bonchev–Trinajstić information content (AvgIpc) is 3.12. The fraction of sp³-hybridized carbons (Fsp3) is 0.545. The molecule has 0 spiro atoms. The molecule has 5 nitrogen and oxygen atoms in total. The standard InChI is InChI=1S/C11H14N2O3/c1-15-11(14)9-6-12-7-10(13-9)16-5-4-8-2-3-8/h6-8H,2-5H2,1H3. The van der Waals surface area contributed by atoms with Gasteiger partial charge in [0.2, 0.25) is 5.88 Å². The number of carbonyl (C=O) groups excluding carboxylic acids is 1. The van der Waals surface area contributed by atoms with E-state index in [0.717, 1.165) is 12.3 Å². The number of esters is 1. The van der Waals surface area contributed by atoms with Gasteiger partial charge in [-0.25, -0.2) is 9.78 Å². The number of hydrogen-bond acceptors (Lipinski definition) is 5. The van der Waals surface area contributed by atoms with Gasteiger partial charge in [-0.1, -0.05) is 12.8 Å². The summed E-state index contributed by atoms with van der Waals surface area (Å²) >= 11 is 0. The van der Waals surface area contributed by atoms with Crippen LogP contribution >= 0.6 is 0 Å². The lowest BCUT2D eigenvalue weighted by Gasteiger charge is -2.04. The zero-order valence-electron chi connectivity index (χ0n) is 9.18. The summed E-state index contributed by atoms with van der Waals surface area (Å²) in [4.78, 5) is 19.1. The van der Waals surface area contributed by atoms with Gasteiger partial charge in [0.05, 0.1) is 26.1 Å². The molecule has 1 aromatic heterocycles. The number of hydrogen-bond donors (Lipinski definition) is 0. The maximum atomic E-state index is 11.2. The Kier molecular flexibility index (Phi) is 3.34. The number of nitrogens with zero attached hydrogens (tertiary/aromatic N) is 2. The number of aromatic nitrogens is 2. The van der Waals surface area contributed by atoms with Gasteiger partial charge in [0, 0.05) is 0 Å². The Hall–Kier alpha value is -1.65. The van der Waals surface area contributed by atoms with Crippen molar-refractivity contribution in [2.45, 2.75) is 19.3 Å². The summed E-state index contributed by atoms with van der Waals surface area (Å²) < 4.78 is 9.96. The van der Waals surface area contributed by atoms with E-state index in [0.29, 0.717) is 12.5 Å². The molecular weight excluding hydrogens is 208 g/mol. The lowest BCUT2D eigenvalue weighted by Crippen LogP contribution is -2.07. The van der Waals surface area contributed by atoms with Gasteiger partial charge in [-0.15, -0.1) is 0 Å². The molecule has 0 atom stereocenters. The van der Waals surface area contributed by atoms with Crippen LogP contribution in [0, 0.1) is 5.92 Å². The largest absolute Gasteiger partial charge is 0.477 e. The van der Waals surface area contributed by atoms with E-state index in [4.69, 9.17) is 4.74 Å². The Morgan fingerprint density at radius 3 is 3.00 bits per heavy atom. The van der Waals surface area contributed by atoms with E-state index < -0.39 is 5.97 Å². The SMILES string of the molecule is COC(=O)c1cncc(OCCC2CC2)n1. The molecule has 0 saturated heterocycles. The van der Waals surface area contributed by atoms with Crippen LogP contribution in [0.25, 0.3) is 0 Å². The van der Waals surface area contributed by atoms with E-state index in [1.165, 1.54) is 32.3 Å². The van der Waals surface area contributed by atoms with Gasteiger partial charge >= 0.3 is 5.97 Å². The monoisotopic (exact) mass is 222 g/mol. The van der Waals surface area contributed by atoms with Crippen LogP contribution in [0.3, 0.4) is 0 Å². The molecule has 1 saturated carbocycles. The molecule has 0 unspecified atom stereocenters. The van der Waals surface area contributed by atoms with Crippen LogP contribution < -0.4 is 4.74 Å².